The third-order valence-electron chi connectivity index (χ3n) is 4.27. The lowest BCUT2D eigenvalue weighted by atomic mass is 9.90. The Kier molecular flexibility index (Phi) is 3.26. The number of nitroso groups, excluding NO2 is 1. The SMILES string of the molecule is O=[N+]1C2=C(NCCC2)C2=C(C=CCO2)C1c1ccc(Cl)cc1. The Hall–Kier alpha value is -2.07. The second kappa shape index (κ2) is 5.29. The predicted molar refractivity (Wildman–Crippen MR) is 84.2 cm³/mol. The minimum absolute atomic E-state index is 0.373. The monoisotopic (exact) mass is 315 g/mol. The number of halogens is 1. The van der Waals surface area contributed by atoms with E-state index in [1.165, 1.54) is 0 Å². The smallest absolute Gasteiger partial charge is 0.261 e. The number of rotatable bonds is 1. The highest BCUT2D eigenvalue weighted by molar-refractivity contribution is 6.30. The molecule has 5 heteroatoms. The number of nitrogens with zero attached hydrogens (tertiary/aromatic N) is 1. The van der Waals surface area contributed by atoms with Crippen molar-refractivity contribution in [2.24, 2.45) is 0 Å². The van der Waals surface area contributed by atoms with Crippen LogP contribution in [0, 0.1) is 4.91 Å². The first-order valence-corrected chi connectivity index (χ1v) is 7.86. The maximum atomic E-state index is 13.0. The normalized spacial score (nSPS) is 23.7. The van der Waals surface area contributed by atoms with Crippen molar-refractivity contribution in [2.75, 3.05) is 13.2 Å². The van der Waals surface area contributed by atoms with Crippen LogP contribution in [-0.2, 0) is 4.74 Å². The average molecular weight is 316 g/mol. The molecule has 1 N–H and O–H groups in total. The van der Waals surface area contributed by atoms with Crippen molar-refractivity contribution in [1.29, 1.82) is 0 Å². The summed E-state index contributed by atoms with van der Waals surface area (Å²) < 4.78 is 6.98. The van der Waals surface area contributed by atoms with Crippen LogP contribution in [0.15, 0.2) is 59.1 Å². The van der Waals surface area contributed by atoms with E-state index in [9.17, 15) is 4.91 Å². The number of hydrogen-bond donors (Lipinski definition) is 1. The fourth-order valence-electron chi connectivity index (χ4n) is 3.27. The molecule has 4 rings (SSSR count). The summed E-state index contributed by atoms with van der Waals surface area (Å²) in [4.78, 5) is 13.0. The van der Waals surface area contributed by atoms with E-state index < -0.39 is 0 Å². The first kappa shape index (κ1) is 13.6. The molecule has 1 unspecified atom stereocenters. The van der Waals surface area contributed by atoms with E-state index in [0.717, 1.165) is 52.4 Å². The Labute approximate surface area is 133 Å². The summed E-state index contributed by atoms with van der Waals surface area (Å²) in [5, 5.41) is 4.00. The highest BCUT2D eigenvalue weighted by Gasteiger charge is 2.45. The summed E-state index contributed by atoms with van der Waals surface area (Å²) in [6.45, 7) is 1.42. The lowest BCUT2D eigenvalue weighted by molar-refractivity contribution is -0.542. The summed E-state index contributed by atoms with van der Waals surface area (Å²) in [6.07, 6.45) is 5.69. The van der Waals surface area contributed by atoms with Crippen LogP contribution in [0.1, 0.15) is 24.4 Å². The first-order chi connectivity index (χ1) is 10.8. The zero-order chi connectivity index (χ0) is 15.1. The van der Waals surface area contributed by atoms with Crippen molar-refractivity contribution < 1.29 is 9.50 Å². The molecular weight excluding hydrogens is 300 g/mol. The van der Waals surface area contributed by atoms with Gasteiger partial charge in [0, 0.05) is 33.2 Å². The molecule has 0 fully saturated rings. The van der Waals surface area contributed by atoms with Crippen LogP contribution >= 0.6 is 11.6 Å². The number of ether oxygens (including phenoxy) is 1. The van der Waals surface area contributed by atoms with Crippen molar-refractivity contribution >= 4 is 11.6 Å². The van der Waals surface area contributed by atoms with E-state index in [2.05, 4.69) is 5.32 Å². The van der Waals surface area contributed by atoms with Crippen molar-refractivity contribution in [2.45, 2.75) is 18.9 Å². The largest absolute Gasteiger partial charge is 0.487 e. The van der Waals surface area contributed by atoms with Gasteiger partial charge in [0.15, 0.2) is 5.76 Å². The molecular formula is C17H16ClN2O2+. The van der Waals surface area contributed by atoms with Gasteiger partial charge in [-0.3, -0.25) is 0 Å². The zero-order valence-electron chi connectivity index (χ0n) is 12.0. The highest BCUT2D eigenvalue weighted by Crippen LogP contribution is 2.41. The second-order valence-electron chi connectivity index (χ2n) is 5.63. The maximum Gasteiger partial charge on any atom is 0.261 e. The van der Waals surface area contributed by atoms with E-state index in [0.29, 0.717) is 11.6 Å². The van der Waals surface area contributed by atoms with Gasteiger partial charge in [0.2, 0.25) is 0 Å². The Bertz CT molecular complexity index is 732. The van der Waals surface area contributed by atoms with Crippen LogP contribution in [0.2, 0.25) is 5.02 Å². The first-order valence-electron chi connectivity index (χ1n) is 7.48. The third-order valence-corrected chi connectivity index (χ3v) is 4.52. The number of fused-ring (bicyclic) bond motifs is 1. The molecule has 1 aromatic rings. The van der Waals surface area contributed by atoms with Crippen LogP contribution in [0.4, 0.5) is 0 Å². The van der Waals surface area contributed by atoms with Gasteiger partial charge in [-0.25, -0.2) is 0 Å². The van der Waals surface area contributed by atoms with E-state index in [1.54, 1.807) is 0 Å². The molecule has 0 radical (unpaired) electrons. The highest BCUT2D eigenvalue weighted by atomic mass is 35.5. The van der Waals surface area contributed by atoms with Gasteiger partial charge in [-0.1, -0.05) is 23.7 Å². The zero-order valence-corrected chi connectivity index (χ0v) is 12.8. The van der Waals surface area contributed by atoms with Crippen LogP contribution in [-0.4, -0.2) is 17.9 Å². The second-order valence-corrected chi connectivity index (χ2v) is 6.07. The van der Waals surface area contributed by atoms with Crippen LogP contribution < -0.4 is 5.32 Å². The summed E-state index contributed by atoms with van der Waals surface area (Å²) in [5.74, 6) is 0.823. The molecule has 0 spiro atoms. The fraction of sp³-hybridized carbons (Fsp3) is 0.294. The number of hydrogen-bond acceptors (Lipinski definition) is 3. The van der Waals surface area contributed by atoms with Crippen LogP contribution in [0.5, 0.6) is 0 Å². The molecule has 3 aliphatic heterocycles. The number of nitrogens with one attached hydrogen (secondary N) is 1. The summed E-state index contributed by atoms with van der Waals surface area (Å²) >= 11 is 5.97. The van der Waals surface area contributed by atoms with Gasteiger partial charge >= 0.3 is 0 Å². The predicted octanol–water partition coefficient (Wildman–Crippen LogP) is 3.61. The molecule has 112 valence electrons. The average Bonchev–Trinajstić information content (AvgIpc) is 2.57. The van der Waals surface area contributed by atoms with Gasteiger partial charge < -0.3 is 10.1 Å². The van der Waals surface area contributed by atoms with Crippen molar-refractivity contribution in [1.82, 2.24) is 5.32 Å². The Morgan fingerprint density at radius 1 is 1.27 bits per heavy atom. The van der Waals surface area contributed by atoms with Crippen LogP contribution in [0.3, 0.4) is 0 Å². The van der Waals surface area contributed by atoms with E-state index in [-0.39, 0.29) is 6.04 Å². The number of allylic oxidation sites excluding steroid dienone is 1. The van der Waals surface area contributed by atoms with Crippen molar-refractivity contribution in [3.05, 3.63) is 74.6 Å². The summed E-state index contributed by atoms with van der Waals surface area (Å²) in [7, 11) is 0. The molecule has 1 aromatic carbocycles. The van der Waals surface area contributed by atoms with E-state index in [4.69, 9.17) is 16.3 Å². The molecule has 0 aromatic heterocycles. The van der Waals surface area contributed by atoms with Gasteiger partial charge in [-0.2, -0.15) is 0 Å². The summed E-state index contributed by atoms with van der Waals surface area (Å²) in [5.41, 5.74) is 3.50. The Balaban J connectivity index is 1.87. The van der Waals surface area contributed by atoms with Crippen molar-refractivity contribution in [3.63, 3.8) is 0 Å². The van der Waals surface area contributed by atoms with Crippen LogP contribution in [0.25, 0.3) is 0 Å². The lowest BCUT2D eigenvalue weighted by Gasteiger charge is -2.29. The molecule has 0 amide bonds. The minimum Gasteiger partial charge on any atom is -0.487 e. The topological polar surface area (TPSA) is 41.3 Å². The molecule has 3 aliphatic rings. The quantitative estimate of drug-likeness (QED) is 0.805. The van der Waals surface area contributed by atoms with Gasteiger partial charge in [0.1, 0.15) is 12.3 Å². The van der Waals surface area contributed by atoms with Gasteiger partial charge in [-0.15, -0.1) is 0 Å². The molecule has 3 heterocycles. The van der Waals surface area contributed by atoms with Crippen molar-refractivity contribution in [3.8, 4) is 0 Å². The molecule has 0 saturated carbocycles. The standard InChI is InChI=1S/C17H16ClN2O2/c18-12-7-5-11(6-8-12)16-13-3-2-10-22-17(13)15-14(20(16)21)4-1-9-19-15/h2-3,5-8,16,19H,1,4,9-10H2/q+1. The Morgan fingerprint density at radius 3 is 2.91 bits per heavy atom. The number of benzene rings is 1. The third kappa shape index (κ3) is 2.06. The summed E-state index contributed by atoms with van der Waals surface area (Å²) in [6, 6.07) is 7.09. The Morgan fingerprint density at radius 2 is 2.09 bits per heavy atom. The van der Waals surface area contributed by atoms with Gasteiger partial charge in [0.05, 0.1) is 5.57 Å². The molecule has 0 saturated heterocycles. The molecule has 0 bridgehead atoms. The molecule has 1 atom stereocenters. The molecule has 22 heavy (non-hydrogen) atoms. The lowest BCUT2D eigenvalue weighted by Crippen LogP contribution is -2.35. The van der Waals surface area contributed by atoms with Gasteiger partial charge in [0.25, 0.3) is 11.7 Å². The van der Waals surface area contributed by atoms with Gasteiger partial charge in [-0.05, 0) is 30.7 Å². The molecule has 4 nitrogen and oxygen atoms in total. The fourth-order valence-corrected chi connectivity index (χ4v) is 3.39. The minimum atomic E-state index is -0.373. The maximum absolute atomic E-state index is 13.0. The van der Waals surface area contributed by atoms with E-state index in [1.807, 2.05) is 36.4 Å². The van der Waals surface area contributed by atoms with E-state index >= 15 is 0 Å². The molecule has 0 aliphatic carbocycles.